The number of amides is 1. The zero-order chi connectivity index (χ0) is 17.9. The quantitative estimate of drug-likeness (QED) is 0.842. The van der Waals surface area contributed by atoms with Crippen LogP contribution in [0.5, 0.6) is 0 Å². The van der Waals surface area contributed by atoms with Gasteiger partial charge in [0.15, 0.2) is 0 Å². The molecular formula is C18H20FNO3S. The Labute approximate surface area is 144 Å². The first-order chi connectivity index (χ1) is 11.2. The van der Waals surface area contributed by atoms with Crippen molar-refractivity contribution in [3.05, 3.63) is 57.5 Å². The number of nitrogens with one attached hydrogen (secondary N) is 1. The molecule has 2 rings (SSSR count). The molecule has 0 bridgehead atoms. The van der Waals surface area contributed by atoms with Crippen LogP contribution in [-0.2, 0) is 4.74 Å². The van der Waals surface area contributed by atoms with Crippen molar-refractivity contribution in [2.24, 2.45) is 5.41 Å². The van der Waals surface area contributed by atoms with Gasteiger partial charge in [-0.2, -0.15) is 0 Å². The molecule has 1 amide bonds. The minimum atomic E-state index is -0.468. The molecule has 0 saturated carbocycles. The number of hydrogen-bond acceptors (Lipinski definition) is 4. The van der Waals surface area contributed by atoms with Crippen LogP contribution in [0.1, 0.15) is 51.7 Å². The van der Waals surface area contributed by atoms with Crippen molar-refractivity contribution in [1.82, 2.24) is 5.32 Å². The van der Waals surface area contributed by atoms with Crippen molar-refractivity contribution in [2.45, 2.75) is 26.8 Å². The monoisotopic (exact) mass is 349 g/mol. The van der Waals surface area contributed by atoms with Crippen LogP contribution in [0.15, 0.2) is 36.4 Å². The smallest absolute Gasteiger partial charge is 0.348 e. The largest absolute Gasteiger partial charge is 0.465 e. The van der Waals surface area contributed by atoms with Crippen molar-refractivity contribution < 1.29 is 18.7 Å². The van der Waals surface area contributed by atoms with Gasteiger partial charge in [0.2, 0.25) is 0 Å². The van der Waals surface area contributed by atoms with E-state index >= 15 is 0 Å². The highest BCUT2D eigenvalue weighted by molar-refractivity contribution is 7.15. The van der Waals surface area contributed by atoms with Gasteiger partial charge in [0.05, 0.1) is 18.0 Å². The third kappa shape index (κ3) is 4.20. The van der Waals surface area contributed by atoms with Gasteiger partial charge in [-0.1, -0.05) is 32.9 Å². The second kappa shape index (κ2) is 7.13. The van der Waals surface area contributed by atoms with Crippen LogP contribution >= 0.6 is 11.3 Å². The van der Waals surface area contributed by atoms with Gasteiger partial charge >= 0.3 is 5.97 Å². The second-order valence-corrected chi connectivity index (χ2v) is 7.56. The predicted molar refractivity (Wildman–Crippen MR) is 91.7 cm³/mol. The lowest BCUT2D eigenvalue weighted by Gasteiger charge is -2.31. The Morgan fingerprint density at radius 1 is 1.08 bits per heavy atom. The second-order valence-electron chi connectivity index (χ2n) is 6.48. The van der Waals surface area contributed by atoms with Crippen molar-refractivity contribution in [3.63, 3.8) is 0 Å². The first-order valence-electron chi connectivity index (χ1n) is 7.47. The van der Waals surface area contributed by atoms with E-state index in [0.29, 0.717) is 9.75 Å². The van der Waals surface area contributed by atoms with E-state index in [1.54, 1.807) is 24.3 Å². The van der Waals surface area contributed by atoms with Crippen LogP contribution in [0.3, 0.4) is 0 Å². The van der Waals surface area contributed by atoms with Gasteiger partial charge in [-0.25, -0.2) is 9.18 Å². The van der Waals surface area contributed by atoms with E-state index in [1.807, 2.05) is 20.8 Å². The Morgan fingerprint density at radius 2 is 1.67 bits per heavy atom. The zero-order valence-corrected chi connectivity index (χ0v) is 14.9. The van der Waals surface area contributed by atoms with Gasteiger partial charge in [-0.05, 0) is 35.2 Å². The lowest BCUT2D eigenvalue weighted by molar-refractivity contribution is 0.0606. The maximum absolute atomic E-state index is 13.2. The molecule has 0 radical (unpaired) electrons. The summed E-state index contributed by atoms with van der Waals surface area (Å²) in [5, 5.41) is 2.98. The summed E-state index contributed by atoms with van der Waals surface area (Å²) in [6.07, 6.45) is 0. The summed E-state index contributed by atoms with van der Waals surface area (Å²) in [5.74, 6) is -1.07. The van der Waals surface area contributed by atoms with Crippen LogP contribution in [0.2, 0.25) is 0 Å². The molecule has 1 N–H and O–H groups in total. The Hall–Kier alpha value is -2.21. The van der Waals surface area contributed by atoms with Gasteiger partial charge in [0, 0.05) is 0 Å². The van der Waals surface area contributed by atoms with Gasteiger partial charge < -0.3 is 10.1 Å². The van der Waals surface area contributed by atoms with Crippen molar-refractivity contribution in [1.29, 1.82) is 0 Å². The highest BCUT2D eigenvalue weighted by atomic mass is 32.1. The Kier molecular flexibility index (Phi) is 5.39. The molecule has 0 aliphatic rings. The minimum absolute atomic E-state index is 0.268. The molecule has 6 heteroatoms. The number of ether oxygens (including phenoxy) is 1. The molecule has 1 unspecified atom stereocenters. The molecule has 0 spiro atoms. The molecule has 0 saturated heterocycles. The molecule has 24 heavy (non-hydrogen) atoms. The third-order valence-electron chi connectivity index (χ3n) is 3.56. The van der Waals surface area contributed by atoms with Crippen LogP contribution in [0, 0.1) is 11.2 Å². The molecule has 1 aromatic carbocycles. The highest BCUT2D eigenvalue weighted by Crippen LogP contribution is 2.33. The molecule has 1 atom stereocenters. The normalized spacial score (nSPS) is 12.5. The summed E-state index contributed by atoms with van der Waals surface area (Å²) in [4.78, 5) is 24.8. The van der Waals surface area contributed by atoms with Crippen LogP contribution in [0.25, 0.3) is 0 Å². The number of esters is 1. The molecule has 128 valence electrons. The summed E-state index contributed by atoms with van der Waals surface area (Å²) >= 11 is 1.08. The topological polar surface area (TPSA) is 55.4 Å². The summed E-state index contributed by atoms with van der Waals surface area (Å²) in [5.41, 5.74) is 0.553. The van der Waals surface area contributed by atoms with Crippen LogP contribution in [-0.4, -0.2) is 19.0 Å². The molecular weight excluding hydrogens is 329 g/mol. The Balaban J connectivity index is 2.23. The molecule has 1 heterocycles. The Morgan fingerprint density at radius 3 is 2.21 bits per heavy atom. The van der Waals surface area contributed by atoms with Gasteiger partial charge in [-0.15, -0.1) is 11.3 Å². The first-order valence-corrected chi connectivity index (χ1v) is 8.28. The first kappa shape index (κ1) is 18.1. The minimum Gasteiger partial charge on any atom is -0.465 e. The third-order valence-corrected chi connectivity index (χ3v) is 4.63. The number of halogens is 1. The number of rotatable bonds is 4. The van der Waals surface area contributed by atoms with E-state index in [-0.39, 0.29) is 23.2 Å². The van der Waals surface area contributed by atoms with E-state index in [2.05, 4.69) is 10.1 Å². The number of methoxy groups -OCH3 is 1. The van der Waals surface area contributed by atoms with Gasteiger partial charge in [0.1, 0.15) is 10.7 Å². The fourth-order valence-corrected chi connectivity index (χ4v) is 3.15. The average molecular weight is 349 g/mol. The van der Waals surface area contributed by atoms with Crippen molar-refractivity contribution in [2.75, 3.05) is 7.11 Å². The van der Waals surface area contributed by atoms with Crippen molar-refractivity contribution in [3.8, 4) is 0 Å². The lowest BCUT2D eigenvalue weighted by Crippen LogP contribution is -2.36. The van der Waals surface area contributed by atoms with E-state index in [1.165, 1.54) is 19.2 Å². The maximum atomic E-state index is 13.2. The van der Waals surface area contributed by atoms with Crippen LogP contribution < -0.4 is 5.32 Å². The number of benzene rings is 1. The average Bonchev–Trinajstić information content (AvgIpc) is 3.01. The molecule has 0 aliphatic heterocycles. The van der Waals surface area contributed by atoms with E-state index in [0.717, 1.165) is 16.9 Å². The Bertz CT molecular complexity index is 731. The fraction of sp³-hybridized carbons (Fsp3) is 0.333. The van der Waals surface area contributed by atoms with E-state index in [9.17, 15) is 14.0 Å². The maximum Gasteiger partial charge on any atom is 0.348 e. The number of carbonyl (C=O) groups is 2. The summed E-state index contributed by atoms with van der Waals surface area (Å²) < 4.78 is 17.8. The standard InChI is InChI=1S/C18H20FNO3S/c1-18(2,3)15(11-5-7-12(19)8-6-11)20-16(21)13-9-10-14(24-13)17(22)23-4/h5-10,15H,1-4H3,(H,20,21). The van der Waals surface area contributed by atoms with Gasteiger partial charge in [-0.3, -0.25) is 4.79 Å². The summed E-state index contributed by atoms with van der Waals surface area (Å²) in [7, 11) is 1.30. The summed E-state index contributed by atoms with van der Waals surface area (Å²) in [6, 6.07) is 8.95. The molecule has 0 aliphatic carbocycles. The fourth-order valence-electron chi connectivity index (χ4n) is 2.33. The molecule has 1 aromatic heterocycles. The summed E-state index contributed by atoms with van der Waals surface area (Å²) in [6.45, 7) is 5.99. The SMILES string of the molecule is COC(=O)c1ccc(C(=O)NC(c2ccc(F)cc2)C(C)(C)C)s1. The molecule has 2 aromatic rings. The van der Waals surface area contributed by atoms with Gasteiger partial charge in [0.25, 0.3) is 5.91 Å². The zero-order valence-electron chi connectivity index (χ0n) is 14.1. The van der Waals surface area contributed by atoms with E-state index in [4.69, 9.17) is 0 Å². The molecule has 4 nitrogen and oxygen atoms in total. The molecule has 0 fully saturated rings. The van der Waals surface area contributed by atoms with Crippen molar-refractivity contribution >= 4 is 23.2 Å². The van der Waals surface area contributed by atoms with E-state index < -0.39 is 5.97 Å². The van der Waals surface area contributed by atoms with Crippen LogP contribution in [0.4, 0.5) is 4.39 Å². The number of thiophene rings is 1. The highest BCUT2D eigenvalue weighted by Gasteiger charge is 2.28. The number of hydrogen-bond donors (Lipinski definition) is 1. The lowest BCUT2D eigenvalue weighted by atomic mass is 9.82. The predicted octanol–water partition coefficient (Wildman–Crippen LogP) is 4.19. The number of carbonyl (C=O) groups excluding carboxylic acids is 2.